The van der Waals surface area contributed by atoms with Crippen molar-refractivity contribution in [2.45, 2.75) is 38.8 Å². The fourth-order valence-corrected chi connectivity index (χ4v) is 4.11. The normalized spacial score (nSPS) is 28.2. The Morgan fingerprint density at radius 1 is 1.04 bits per heavy atom. The number of benzene rings is 1. The van der Waals surface area contributed by atoms with E-state index in [1.165, 1.54) is 32.9 Å². The van der Waals surface area contributed by atoms with Crippen LogP contribution in [-0.2, 0) is 0 Å². The number of hydrogen-bond acceptors (Lipinski definition) is 4. The molecule has 5 rings (SSSR count). The largest absolute Gasteiger partial charge is 0.364 e. The summed E-state index contributed by atoms with van der Waals surface area (Å²) in [7, 11) is 0. The van der Waals surface area contributed by atoms with E-state index in [4.69, 9.17) is 0 Å². The first-order chi connectivity index (χ1) is 12.0. The Bertz CT molecular complexity index is 768. The van der Waals surface area contributed by atoms with E-state index in [1.807, 2.05) is 0 Å². The van der Waals surface area contributed by atoms with Crippen LogP contribution in [0.15, 0.2) is 24.3 Å². The molecular weight excluding hydrogens is 322 g/mol. The first-order valence-electron chi connectivity index (χ1n) is 8.84. The van der Waals surface area contributed by atoms with Crippen molar-refractivity contribution in [2.75, 3.05) is 18.4 Å². The zero-order valence-corrected chi connectivity index (χ0v) is 14.5. The second-order valence-corrected chi connectivity index (χ2v) is 7.15. The van der Waals surface area contributed by atoms with Crippen molar-refractivity contribution in [3.63, 3.8) is 0 Å². The predicted octanol–water partition coefficient (Wildman–Crippen LogP) is 3.62. The van der Waals surface area contributed by atoms with Crippen LogP contribution in [0, 0.1) is 24.5 Å². The van der Waals surface area contributed by atoms with Crippen LogP contribution in [-0.4, -0.2) is 40.3 Å². The lowest BCUT2D eigenvalue weighted by Gasteiger charge is -2.50. The number of halogens is 2. The van der Waals surface area contributed by atoms with Crippen LogP contribution in [0.1, 0.15) is 25.3 Å². The average Bonchev–Trinajstić information content (AvgIpc) is 2.64. The number of anilines is 1. The van der Waals surface area contributed by atoms with Gasteiger partial charge in [0.25, 0.3) is 0 Å². The molecule has 4 nitrogen and oxygen atoms in total. The molecule has 25 heavy (non-hydrogen) atoms. The van der Waals surface area contributed by atoms with Gasteiger partial charge in [-0.15, -0.1) is 10.2 Å². The molecule has 0 radical (unpaired) electrons. The van der Waals surface area contributed by atoms with Gasteiger partial charge in [-0.25, -0.2) is 8.78 Å². The summed E-state index contributed by atoms with van der Waals surface area (Å²) in [6.07, 6.45) is 2.42. The van der Waals surface area contributed by atoms with E-state index in [0.717, 1.165) is 0 Å². The Morgan fingerprint density at radius 3 is 2.44 bits per heavy atom. The maximum Gasteiger partial charge on any atom is 0.168 e. The Labute approximate surface area is 146 Å². The minimum Gasteiger partial charge on any atom is -0.364 e. The van der Waals surface area contributed by atoms with Gasteiger partial charge in [0.05, 0.1) is 5.69 Å². The van der Waals surface area contributed by atoms with Crippen molar-refractivity contribution < 1.29 is 8.78 Å². The summed E-state index contributed by atoms with van der Waals surface area (Å²) in [6.45, 7) is 6.13. The van der Waals surface area contributed by atoms with Gasteiger partial charge in [0.15, 0.2) is 11.6 Å². The first-order valence-corrected chi connectivity index (χ1v) is 8.84. The zero-order valence-electron chi connectivity index (χ0n) is 14.5. The molecule has 3 aliphatic rings. The van der Waals surface area contributed by atoms with Crippen LogP contribution < -0.4 is 5.32 Å². The van der Waals surface area contributed by atoms with Crippen LogP contribution in [0.2, 0.25) is 0 Å². The maximum atomic E-state index is 14.1. The highest BCUT2D eigenvalue weighted by Gasteiger charge is 2.39. The van der Waals surface area contributed by atoms with Crippen molar-refractivity contribution in [2.24, 2.45) is 5.92 Å². The number of fused-ring (bicyclic) bond motifs is 3. The molecule has 6 heteroatoms. The van der Waals surface area contributed by atoms with Gasteiger partial charge in [0, 0.05) is 17.6 Å². The van der Waals surface area contributed by atoms with Crippen LogP contribution >= 0.6 is 0 Å². The van der Waals surface area contributed by atoms with E-state index in [-0.39, 0.29) is 11.1 Å². The molecule has 1 aromatic carbocycles. The van der Waals surface area contributed by atoms with Crippen molar-refractivity contribution in [1.29, 1.82) is 0 Å². The Morgan fingerprint density at radius 2 is 1.80 bits per heavy atom. The number of aromatic nitrogens is 2. The van der Waals surface area contributed by atoms with Gasteiger partial charge in [0.1, 0.15) is 5.82 Å². The van der Waals surface area contributed by atoms with Gasteiger partial charge in [-0.05, 0) is 69.5 Å². The third kappa shape index (κ3) is 2.88. The monoisotopic (exact) mass is 344 g/mol. The molecule has 3 saturated heterocycles. The lowest BCUT2D eigenvalue weighted by molar-refractivity contribution is 0.0457. The highest BCUT2D eigenvalue weighted by molar-refractivity contribution is 5.61. The number of piperidine rings is 3. The molecule has 0 amide bonds. The maximum absolute atomic E-state index is 14.1. The van der Waals surface area contributed by atoms with Crippen molar-refractivity contribution in [3.05, 3.63) is 41.5 Å². The van der Waals surface area contributed by atoms with Crippen molar-refractivity contribution in [1.82, 2.24) is 15.1 Å². The smallest absolute Gasteiger partial charge is 0.168 e. The molecule has 0 aliphatic carbocycles. The minimum atomic E-state index is -0.874. The standard InChI is InChI=1S/C19H22F2N4/c1-11-3-4-14(18(21)17(11)20)15-5-6-16(24-23-15)22-19-12(2)25-9-7-13(19)8-10-25/h3-6,12-13,19H,7-10H2,1-2H3,(H,22,24)/t12-,19+/m1/s1. The van der Waals surface area contributed by atoms with Gasteiger partial charge in [-0.2, -0.15) is 0 Å². The second kappa shape index (κ2) is 6.33. The van der Waals surface area contributed by atoms with Crippen molar-refractivity contribution >= 4 is 5.82 Å². The molecular formula is C19H22F2N4. The van der Waals surface area contributed by atoms with Gasteiger partial charge in [-0.3, -0.25) is 4.90 Å². The molecule has 132 valence electrons. The van der Waals surface area contributed by atoms with Gasteiger partial charge >= 0.3 is 0 Å². The van der Waals surface area contributed by atoms with Gasteiger partial charge < -0.3 is 5.32 Å². The van der Waals surface area contributed by atoms with E-state index in [2.05, 4.69) is 27.3 Å². The summed E-state index contributed by atoms with van der Waals surface area (Å²) in [6, 6.07) is 7.41. The lowest BCUT2D eigenvalue weighted by Crippen LogP contribution is -2.59. The third-order valence-corrected chi connectivity index (χ3v) is 5.71. The van der Waals surface area contributed by atoms with E-state index in [9.17, 15) is 8.78 Å². The van der Waals surface area contributed by atoms with E-state index in [0.29, 0.717) is 29.5 Å². The summed E-state index contributed by atoms with van der Waals surface area (Å²) in [5, 5.41) is 11.8. The summed E-state index contributed by atoms with van der Waals surface area (Å²) in [5.41, 5.74) is 0.756. The molecule has 3 fully saturated rings. The van der Waals surface area contributed by atoms with Crippen LogP contribution in [0.5, 0.6) is 0 Å². The van der Waals surface area contributed by atoms with Gasteiger partial charge in [-0.1, -0.05) is 6.07 Å². The average molecular weight is 344 g/mol. The number of nitrogens with one attached hydrogen (secondary N) is 1. The Balaban J connectivity index is 1.54. The zero-order chi connectivity index (χ0) is 17.6. The Kier molecular flexibility index (Phi) is 4.15. The molecule has 3 aliphatic heterocycles. The molecule has 0 spiro atoms. The molecule has 1 N–H and O–H groups in total. The first kappa shape index (κ1) is 16.4. The highest BCUT2D eigenvalue weighted by atomic mass is 19.2. The minimum absolute atomic E-state index is 0.137. The summed E-state index contributed by atoms with van der Waals surface area (Å²) in [4.78, 5) is 2.50. The molecule has 2 atom stereocenters. The number of hydrogen-bond donors (Lipinski definition) is 1. The second-order valence-electron chi connectivity index (χ2n) is 7.15. The molecule has 0 unspecified atom stereocenters. The van der Waals surface area contributed by atoms with Crippen LogP contribution in [0.3, 0.4) is 0 Å². The number of aryl methyl sites for hydroxylation is 1. The Hall–Kier alpha value is -2.08. The fraction of sp³-hybridized carbons (Fsp3) is 0.474. The molecule has 4 heterocycles. The molecule has 2 aromatic rings. The van der Waals surface area contributed by atoms with Gasteiger partial charge in [0.2, 0.25) is 0 Å². The summed E-state index contributed by atoms with van der Waals surface area (Å²) >= 11 is 0. The lowest BCUT2D eigenvalue weighted by atomic mass is 9.79. The predicted molar refractivity (Wildman–Crippen MR) is 93.3 cm³/mol. The van der Waals surface area contributed by atoms with Crippen LogP contribution in [0.4, 0.5) is 14.6 Å². The molecule has 2 bridgehead atoms. The third-order valence-electron chi connectivity index (χ3n) is 5.71. The number of rotatable bonds is 3. The van der Waals surface area contributed by atoms with E-state index in [1.54, 1.807) is 24.3 Å². The molecule has 0 saturated carbocycles. The highest BCUT2D eigenvalue weighted by Crippen LogP contribution is 2.34. The van der Waals surface area contributed by atoms with Crippen molar-refractivity contribution in [3.8, 4) is 11.3 Å². The fourth-order valence-electron chi connectivity index (χ4n) is 4.11. The summed E-state index contributed by atoms with van der Waals surface area (Å²) < 4.78 is 27.9. The SMILES string of the molecule is Cc1ccc(-c2ccc(N[C@@H]3C4CCN(CC4)[C@@H]3C)nn2)c(F)c1F. The summed E-state index contributed by atoms with van der Waals surface area (Å²) in [5.74, 6) is -0.365. The molecule has 1 aromatic heterocycles. The number of nitrogens with zero attached hydrogens (tertiary/aromatic N) is 3. The quantitative estimate of drug-likeness (QED) is 0.923. The topological polar surface area (TPSA) is 41.0 Å². The van der Waals surface area contributed by atoms with E-state index < -0.39 is 11.6 Å². The van der Waals surface area contributed by atoms with E-state index >= 15 is 0 Å². The van der Waals surface area contributed by atoms with Crippen LogP contribution in [0.25, 0.3) is 11.3 Å².